The Hall–Kier alpha value is -1.74. The number of carbonyl (C=O) groups excluding carboxylic acids is 1. The summed E-state index contributed by atoms with van der Waals surface area (Å²) >= 11 is 0. The number of esters is 1. The van der Waals surface area contributed by atoms with Crippen LogP contribution in [-0.2, 0) is 14.6 Å². The molecule has 0 amide bonds. The highest BCUT2D eigenvalue weighted by Gasteiger charge is 2.70. The summed E-state index contributed by atoms with van der Waals surface area (Å²) in [6.07, 6.45) is 13.6. The van der Waals surface area contributed by atoms with Gasteiger partial charge in [-0.15, -0.1) is 0 Å². The lowest BCUT2D eigenvalue weighted by Crippen LogP contribution is -2.68. The molecule has 7 nitrogen and oxygen atoms in total. The second kappa shape index (κ2) is 13.2. The van der Waals surface area contributed by atoms with Gasteiger partial charge in [-0.1, -0.05) is 59.8 Å². The van der Waals surface area contributed by atoms with Gasteiger partial charge in [-0.05, 0) is 138 Å². The normalized spacial score (nSPS) is 42.0. The standard InChI is InChI=1S/C43H66N2O5S/c1-29(28-46)32-14-19-43(44-22-23-45-24-26-51(48,49)27-25-45)21-20-41(5)34(37(32)43)12-13-36-40(4)17-15-33(30-8-10-31(11-9-30)38(47)50-7)39(2,3)35(40)16-18-42(36,41)6/h8-11,15,29,32,34-37,44,46H,12-14,16-28H2,1-7H3/t29?,32-,34?,35-,36+,37?,40-,41+,42+,43?/m0/s1. The Morgan fingerprint density at radius 2 is 1.65 bits per heavy atom. The Bertz CT molecular complexity index is 1610. The van der Waals surface area contributed by atoms with Crippen LogP contribution in [0.2, 0.25) is 0 Å². The summed E-state index contributed by atoms with van der Waals surface area (Å²) in [7, 11) is -1.44. The number of hydrogen-bond acceptors (Lipinski definition) is 7. The zero-order valence-electron chi connectivity index (χ0n) is 32.6. The highest BCUT2D eigenvalue weighted by molar-refractivity contribution is 7.91. The minimum atomic E-state index is -2.87. The van der Waals surface area contributed by atoms with E-state index in [0.29, 0.717) is 54.2 Å². The van der Waals surface area contributed by atoms with Gasteiger partial charge in [0, 0.05) is 38.3 Å². The first kappa shape index (κ1) is 37.6. The summed E-state index contributed by atoms with van der Waals surface area (Å²) in [5, 5.41) is 14.7. The fourth-order valence-corrected chi connectivity index (χ4v) is 15.4. The Morgan fingerprint density at radius 3 is 2.31 bits per heavy atom. The molecule has 2 N–H and O–H groups in total. The molecular formula is C43H66N2O5S. The van der Waals surface area contributed by atoms with Crippen molar-refractivity contribution in [3.05, 3.63) is 41.5 Å². The van der Waals surface area contributed by atoms with Gasteiger partial charge in [0.2, 0.25) is 0 Å². The van der Waals surface area contributed by atoms with Crippen LogP contribution >= 0.6 is 0 Å². The van der Waals surface area contributed by atoms with Gasteiger partial charge < -0.3 is 20.1 Å². The molecule has 1 heterocycles. The van der Waals surface area contributed by atoms with E-state index in [1.807, 2.05) is 12.1 Å². The van der Waals surface area contributed by atoms with Gasteiger partial charge in [0.25, 0.3) is 0 Å². The number of fused-ring (bicyclic) bond motifs is 7. The van der Waals surface area contributed by atoms with Crippen molar-refractivity contribution in [3.8, 4) is 0 Å². The van der Waals surface area contributed by atoms with Crippen LogP contribution in [-0.4, -0.2) is 81.3 Å². The number of rotatable bonds is 8. The third-order valence-electron chi connectivity index (χ3n) is 17.0. The number of methoxy groups -OCH3 is 1. The molecule has 4 saturated carbocycles. The number of hydrogen-bond donors (Lipinski definition) is 2. The summed E-state index contributed by atoms with van der Waals surface area (Å²) in [6, 6.07) is 8.06. The molecule has 5 aliphatic carbocycles. The molecule has 0 spiro atoms. The SMILES string of the molecule is COC(=O)c1ccc(C2=CC[C@]3(C)[C@H]4CCC5C6[C@H](C(C)CO)CCC6(NCCN6CCS(=O)(=O)CC6)CC[C@@]5(C)[C@]4(C)CC[C@H]3C2(C)C)cc1. The minimum Gasteiger partial charge on any atom is -0.465 e. The van der Waals surface area contributed by atoms with Crippen LogP contribution in [0.25, 0.3) is 5.57 Å². The predicted molar refractivity (Wildman–Crippen MR) is 205 cm³/mol. The first-order chi connectivity index (χ1) is 24.1. The lowest BCUT2D eigenvalue weighted by molar-refractivity contribution is -0.221. The molecule has 1 saturated heterocycles. The van der Waals surface area contributed by atoms with E-state index in [4.69, 9.17) is 4.74 Å². The molecule has 6 aliphatic rings. The third-order valence-corrected chi connectivity index (χ3v) is 18.6. The van der Waals surface area contributed by atoms with Crippen molar-refractivity contribution in [3.63, 3.8) is 0 Å². The van der Waals surface area contributed by atoms with Crippen LogP contribution in [0.3, 0.4) is 0 Å². The average Bonchev–Trinajstić information content (AvgIpc) is 3.48. The molecule has 8 heteroatoms. The van der Waals surface area contributed by atoms with E-state index in [9.17, 15) is 18.3 Å². The fourth-order valence-electron chi connectivity index (χ4n) is 14.2. The van der Waals surface area contributed by atoms with Gasteiger partial charge in [-0.25, -0.2) is 13.2 Å². The van der Waals surface area contributed by atoms with E-state index in [1.54, 1.807) is 0 Å². The molecule has 1 aromatic rings. The monoisotopic (exact) mass is 722 g/mol. The van der Waals surface area contributed by atoms with E-state index in [1.165, 1.54) is 69.6 Å². The van der Waals surface area contributed by atoms with E-state index in [0.717, 1.165) is 19.5 Å². The molecular weight excluding hydrogens is 657 g/mol. The highest BCUT2D eigenvalue weighted by Crippen LogP contribution is 2.76. The molecule has 284 valence electrons. The molecule has 5 fully saturated rings. The van der Waals surface area contributed by atoms with E-state index < -0.39 is 9.84 Å². The van der Waals surface area contributed by atoms with E-state index >= 15 is 0 Å². The van der Waals surface area contributed by atoms with Crippen molar-refractivity contribution in [2.75, 3.05) is 51.4 Å². The van der Waals surface area contributed by atoms with Crippen molar-refractivity contribution in [2.45, 2.75) is 105 Å². The van der Waals surface area contributed by atoms with Crippen LogP contribution in [0.15, 0.2) is 30.3 Å². The summed E-state index contributed by atoms with van der Waals surface area (Å²) in [5.74, 6) is 3.57. The zero-order chi connectivity index (χ0) is 36.6. The van der Waals surface area contributed by atoms with Crippen molar-refractivity contribution >= 4 is 21.4 Å². The topological polar surface area (TPSA) is 95.9 Å². The van der Waals surface area contributed by atoms with Crippen molar-refractivity contribution in [1.82, 2.24) is 10.2 Å². The Morgan fingerprint density at radius 1 is 0.941 bits per heavy atom. The van der Waals surface area contributed by atoms with E-state index in [-0.39, 0.29) is 51.3 Å². The maximum Gasteiger partial charge on any atom is 0.337 e. The summed E-state index contributed by atoms with van der Waals surface area (Å²) in [5.41, 5.74) is 4.11. The molecule has 51 heavy (non-hydrogen) atoms. The minimum absolute atomic E-state index is 0.0240. The van der Waals surface area contributed by atoms with Crippen LogP contribution in [0.5, 0.6) is 0 Å². The van der Waals surface area contributed by atoms with Crippen LogP contribution < -0.4 is 5.32 Å². The third kappa shape index (κ3) is 5.90. The zero-order valence-corrected chi connectivity index (χ0v) is 33.4. The predicted octanol–water partition coefficient (Wildman–Crippen LogP) is 7.25. The van der Waals surface area contributed by atoms with Crippen molar-refractivity contribution < 1.29 is 23.1 Å². The maximum atomic E-state index is 12.1. The fraction of sp³-hybridized carbons (Fsp3) is 0.791. The average molecular weight is 723 g/mol. The molecule has 0 aromatic heterocycles. The number of aliphatic hydroxyl groups is 1. The summed E-state index contributed by atoms with van der Waals surface area (Å²) in [6.45, 7) is 18.7. The second-order valence-electron chi connectivity index (χ2n) is 19.2. The first-order valence-corrected chi connectivity index (χ1v) is 22.1. The van der Waals surface area contributed by atoms with Gasteiger partial charge >= 0.3 is 5.97 Å². The second-order valence-corrected chi connectivity index (χ2v) is 21.5. The molecule has 0 bridgehead atoms. The van der Waals surface area contributed by atoms with Gasteiger partial charge in [-0.3, -0.25) is 0 Å². The molecule has 1 aromatic carbocycles. The van der Waals surface area contributed by atoms with Gasteiger partial charge in [0.15, 0.2) is 9.84 Å². The van der Waals surface area contributed by atoms with Gasteiger partial charge in [-0.2, -0.15) is 0 Å². The Balaban J connectivity index is 1.15. The lowest BCUT2D eigenvalue weighted by Gasteiger charge is -2.72. The summed E-state index contributed by atoms with van der Waals surface area (Å²) < 4.78 is 29.1. The highest BCUT2D eigenvalue weighted by atomic mass is 32.2. The lowest BCUT2D eigenvalue weighted by atomic mass is 9.33. The van der Waals surface area contributed by atoms with Crippen LogP contribution in [0.1, 0.15) is 115 Å². The Kier molecular flexibility index (Phi) is 9.75. The van der Waals surface area contributed by atoms with Crippen LogP contribution in [0.4, 0.5) is 0 Å². The molecule has 4 unspecified atom stereocenters. The number of aliphatic hydroxyl groups excluding tert-OH is 1. The largest absolute Gasteiger partial charge is 0.465 e. The van der Waals surface area contributed by atoms with Gasteiger partial charge in [0.1, 0.15) is 0 Å². The number of benzene rings is 1. The quantitative estimate of drug-likeness (QED) is 0.273. The number of sulfone groups is 1. The maximum absolute atomic E-state index is 12.1. The first-order valence-electron chi connectivity index (χ1n) is 20.2. The number of nitrogens with zero attached hydrogens (tertiary/aromatic N) is 1. The molecule has 10 atom stereocenters. The van der Waals surface area contributed by atoms with E-state index in [2.05, 4.69) is 70.0 Å². The number of ether oxygens (including phenoxy) is 1. The smallest absolute Gasteiger partial charge is 0.337 e. The molecule has 1 aliphatic heterocycles. The Labute approximate surface area is 308 Å². The van der Waals surface area contributed by atoms with Crippen LogP contribution in [0, 0.1) is 57.2 Å². The van der Waals surface area contributed by atoms with Crippen molar-refractivity contribution in [2.24, 2.45) is 57.2 Å². The summed E-state index contributed by atoms with van der Waals surface area (Å²) in [4.78, 5) is 14.5. The number of carbonyl (C=O) groups is 1. The van der Waals surface area contributed by atoms with Gasteiger partial charge in [0.05, 0.1) is 24.2 Å². The number of nitrogens with one attached hydrogen (secondary N) is 1. The number of allylic oxidation sites excluding steroid dienone is 2. The molecule has 7 rings (SSSR count). The molecule has 0 radical (unpaired) electrons. The van der Waals surface area contributed by atoms with Crippen molar-refractivity contribution in [1.29, 1.82) is 0 Å².